The zero-order chi connectivity index (χ0) is 16.3. The number of anilines is 1. The molecule has 0 saturated carbocycles. The summed E-state index contributed by atoms with van der Waals surface area (Å²) in [6.07, 6.45) is 0.702. The topological polar surface area (TPSA) is 85.8 Å². The van der Waals surface area contributed by atoms with Gasteiger partial charge in [-0.25, -0.2) is 4.68 Å². The third kappa shape index (κ3) is 3.41. The molecule has 0 aliphatic carbocycles. The predicted octanol–water partition coefficient (Wildman–Crippen LogP) is 2.29. The molecule has 0 fully saturated rings. The second-order valence-electron chi connectivity index (χ2n) is 5.12. The van der Waals surface area contributed by atoms with Crippen LogP contribution >= 0.6 is 11.8 Å². The van der Waals surface area contributed by atoms with Gasteiger partial charge in [0.05, 0.1) is 5.25 Å². The van der Waals surface area contributed by atoms with Crippen LogP contribution in [0, 0.1) is 13.8 Å². The first-order chi connectivity index (χ1) is 10.4. The zero-order valence-corrected chi connectivity index (χ0v) is 14.1. The van der Waals surface area contributed by atoms with E-state index >= 15 is 0 Å². The highest BCUT2D eigenvalue weighted by Crippen LogP contribution is 2.23. The first-order valence-electron chi connectivity index (χ1n) is 7.17. The number of nitrogens with zero attached hydrogens (tertiary/aromatic N) is 3. The van der Waals surface area contributed by atoms with Gasteiger partial charge in [0, 0.05) is 12.1 Å². The molecule has 0 aliphatic rings. The average Bonchev–Trinajstić information content (AvgIpc) is 2.84. The quantitative estimate of drug-likeness (QED) is 0.652. The van der Waals surface area contributed by atoms with Crippen LogP contribution in [0.15, 0.2) is 23.4 Å². The molecule has 0 saturated heterocycles. The number of amides is 1. The molecule has 1 aromatic heterocycles. The number of benzene rings is 1. The van der Waals surface area contributed by atoms with Gasteiger partial charge < -0.3 is 11.2 Å². The summed E-state index contributed by atoms with van der Waals surface area (Å²) in [7, 11) is 0. The molecule has 1 atom stereocenters. The van der Waals surface area contributed by atoms with Crippen molar-refractivity contribution in [1.82, 2.24) is 14.9 Å². The fraction of sp³-hybridized carbons (Fsp3) is 0.400. The van der Waals surface area contributed by atoms with Gasteiger partial charge in [-0.1, -0.05) is 30.8 Å². The number of hydrogen-bond donors (Lipinski definition) is 2. The number of nitrogens with two attached hydrogens (primary N) is 1. The second-order valence-corrected chi connectivity index (χ2v) is 6.43. The number of aromatic nitrogens is 3. The van der Waals surface area contributed by atoms with Crippen LogP contribution < -0.4 is 11.2 Å². The van der Waals surface area contributed by atoms with Gasteiger partial charge in [0.15, 0.2) is 5.82 Å². The molecule has 1 aromatic carbocycles. The number of nitrogen functional groups attached to an aromatic ring is 1. The van der Waals surface area contributed by atoms with Crippen LogP contribution in [-0.2, 0) is 11.2 Å². The maximum absolute atomic E-state index is 12.3. The van der Waals surface area contributed by atoms with E-state index in [4.69, 9.17) is 5.84 Å². The smallest absolute Gasteiger partial charge is 0.237 e. The summed E-state index contributed by atoms with van der Waals surface area (Å²) < 4.78 is 1.44. The van der Waals surface area contributed by atoms with Crippen molar-refractivity contribution in [3.8, 4) is 0 Å². The van der Waals surface area contributed by atoms with Crippen LogP contribution in [0.4, 0.5) is 5.69 Å². The molecule has 7 heteroatoms. The lowest BCUT2D eigenvalue weighted by molar-refractivity contribution is -0.115. The third-order valence-corrected chi connectivity index (χ3v) is 4.62. The molecule has 1 heterocycles. The number of carbonyl (C=O) groups is 1. The first kappa shape index (κ1) is 16.4. The lowest BCUT2D eigenvalue weighted by Gasteiger charge is -2.14. The van der Waals surface area contributed by atoms with Crippen molar-refractivity contribution < 1.29 is 4.79 Å². The minimum atomic E-state index is -0.323. The van der Waals surface area contributed by atoms with E-state index in [1.165, 1.54) is 16.4 Å². The van der Waals surface area contributed by atoms with Crippen LogP contribution in [0.1, 0.15) is 30.8 Å². The molecular weight excluding hydrogens is 298 g/mol. The fourth-order valence-corrected chi connectivity index (χ4v) is 2.75. The van der Waals surface area contributed by atoms with E-state index in [2.05, 4.69) is 15.5 Å². The Hall–Kier alpha value is -2.02. The van der Waals surface area contributed by atoms with E-state index in [0.29, 0.717) is 17.4 Å². The second kappa shape index (κ2) is 6.83. The molecule has 2 rings (SSSR count). The summed E-state index contributed by atoms with van der Waals surface area (Å²) in [6.45, 7) is 7.79. The molecule has 0 unspecified atom stereocenters. The Bertz CT molecular complexity index is 683. The minimum absolute atomic E-state index is 0.0836. The van der Waals surface area contributed by atoms with Gasteiger partial charge in [0.2, 0.25) is 11.1 Å². The van der Waals surface area contributed by atoms with Crippen molar-refractivity contribution >= 4 is 23.4 Å². The van der Waals surface area contributed by atoms with Crippen molar-refractivity contribution in [2.24, 2.45) is 0 Å². The van der Waals surface area contributed by atoms with Gasteiger partial charge in [-0.15, -0.1) is 10.2 Å². The van der Waals surface area contributed by atoms with E-state index in [9.17, 15) is 4.79 Å². The molecule has 3 N–H and O–H groups in total. The maximum Gasteiger partial charge on any atom is 0.237 e. The Morgan fingerprint density at radius 3 is 2.77 bits per heavy atom. The summed E-state index contributed by atoms with van der Waals surface area (Å²) >= 11 is 1.30. The number of carbonyl (C=O) groups excluding carboxylic acids is 1. The van der Waals surface area contributed by atoms with Gasteiger partial charge in [-0.2, -0.15) is 0 Å². The van der Waals surface area contributed by atoms with E-state index in [1.807, 2.05) is 45.9 Å². The Morgan fingerprint density at radius 1 is 1.41 bits per heavy atom. The van der Waals surface area contributed by atoms with Crippen LogP contribution in [0.2, 0.25) is 0 Å². The molecule has 0 radical (unpaired) electrons. The number of nitrogens with one attached hydrogen (secondary N) is 1. The first-order valence-corrected chi connectivity index (χ1v) is 8.05. The predicted molar refractivity (Wildman–Crippen MR) is 89.4 cm³/mol. The van der Waals surface area contributed by atoms with Gasteiger partial charge >= 0.3 is 0 Å². The SMILES string of the molecule is CCc1nnc(S[C@H](C)C(=O)Nc2cccc(C)c2C)n1N. The average molecular weight is 319 g/mol. The zero-order valence-electron chi connectivity index (χ0n) is 13.3. The van der Waals surface area contributed by atoms with Gasteiger partial charge in [-0.3, -0.25) is 4.79 Å². The highest BCUT2D eigenvalue weighted by molar-refractivity contribution is 8.00. The van der Waals surface area contributed by atoms with E-state index in [1.54, 1.807) is 0 Å². The van der Waals surface area contributed by atoms with Gasteiger partial charge in [-0.05, 0) is 38.0 Å². The lowest BCUT2D eigenvalue weighted by Crippen LogP contribution is -2.24. The molecule has 0 aliphatic heterocycles. The van der Waals surface area contributed by atoms with Crippen molar-refractivity contribution in [3.05, 3.63) is 35.2 Å². The van der Waals surface area contributed by atoms with Gasteiger partial charge in [0.1, 0.15) is 0 Å². The molecule has 22 heavy (non-hydrogen) atoms. The third-order valence-electron chi connectivity index (χ3n) is 3.57. The van der Waals surface area contributed by atoms with E-state index in [0.717, 1.165) is 16.8 Å². The van der Waals surface area contributed by atoms with Crippen LogP contribution in [0.5, 0.6) is 0 Å². The summed E-state index contributed by atoms with van der Waals surface area (Å²) in [5.41, 5.74) is 3.05. The Kier molecular flexibility index (Phi) is 5.07. The maximum atomic E-state index is 12.3. The standard InChI is InChI=1S/C15H21N5OS/c1-5-13-18-19-15(20(13)16)22-11(4)14(21)17-12-8-6-7-9(2)10(12)3/h6-8,11H,5,16H2,1-4H3,(H,17,21)/t11-/m1/s1. The number of thioether (sulfide) groups is 1. The Balaban J connectivity index is 2.06. The van der Waals surface area contributed by atoms with Crippen LogP contribution in [0.3, 0.4) is 0 Å². The molecule has 0 bridgehead atoms. The molecule has 2 aromatic rings. The van der Waals surface area contributed by atoms with E-state index in [-0.39, 0.29) is 11.2 Å². The molecular formula is C15H21N5OS. The van der Waals surface area contributed by atoms with Crippen molar-refractivity contribution in [2.45, 2.75) is 44.5 Å². The van der Waals surface area contributed by atoms with Crippen molar-refractivity contribution in [1.29, 1.82) is 0 Å². The number of aryl methyl sites for hydroxylation is 2. The molecule has 118 valence electrons. The van der Waals surface area contributed by atoms with Crippen LogP contribution in [-0.4, -0.2) is 26.0 Å². The van der Waals surface area contributed by atoms with Crippen molar-refractivity contribution in [3.63, 3.8) is 0 Å². The normalized spacial score (nSPS) is 12.2. The summed E-state index contributed by atoms with van der Waals surface area (Å²) in [4.78, 5) is 12.3. The van der Waals surface area contributed by atoms with Crippen LogP contribution in [0.25, 0.3) is 0 Å². The number of rotatable bonds is 5. The number of hydrogen-bond acceptors (Lipinski definition) is 5. The fourth-order valence-electron chi connectivity index (χ4n) is 1.96. The summed E-state index contributed by atoms with van der Waals surface area (Å²) in [5.74, 6) is 6.51. The van der Waals surface area contributed by atoms with Gasteiger partial charge in [0.25, 0.3) is 0 Å². The molecule has 6 nitrogen and oxygen atoms in total. The Labute approximate surface area is 134 Å². The van der Waals surface area contributed by atoms with E-state index < -0.39 is 0 Å². The highest BCUT2D eigenvalue weighted by atomic mass is 32.2. The largest absolute Gasteiger partial charge is 0.336 e. The molecule has 0 spiro atoms. The highest BCUT2D eigenvalue weighted by Gasteiger charge is 2.19. The monoisotopic (exact) mass is 319 g/mol. The summed E-state index contributed by atoms with van der Waals surface area (Å²) in [5, 5.41) is 11.2. The Morgan fingerprint density at radius 2 is 2.14 bits per heavy atom. The van der Waals surface area contributed by atoms with Crippen molar-refractivity contribution in [2.75, 3.05) is 11.2 Å². The molecule has 1 amide bonds. The summed E-state index contributed by atoms with van der Waals surface area (Å²) in [6, 6.07) is 5.85. The minimum Gasteiger partial charge on any atom is -0.336 e. The lowest BCUT2D eigenvalue weighted by atomic mass is 10.1.